The largest absolute Gasteiger partial charge is 0.363 e. The van der Waals surface area contributed by atoms with Gasteiger partial charge in [-0.2, -0.15) is 4.98 Å². The van der Waals surface area contributed by atoms with Crippen LogP contribution < -0.4 is 10.6 Å². The van der Waals surface area contributed by atoms with Crippen molar-refractivity contribution in [1.29, 1.82) is 0 Å². The molecule has 4 aromatic rings. The fourth-order valence-corrected chi connectivity index (χ4v) is 3.39. The summed E-state index contributed by atoms with van der Waals surface area (Å²) in [6.07, 6.45) is 0.872. The number of benzene rings is 3. The average molecular weight is 403 g/mol. The number of anilines is 2. The van der Waals surface area contributed by atoms with Gasteiger partial charge in [0.15, 0.2) is 0 Å². The Bertz CT molecular complexity index is 1080. The van der Waals surface area contributed by atoms with Crippen molar-refractivity contribution in [2.45, 2.75) is 19.4 Å². The normalized spacial score (nSPS) is 11.9. The molecule has 3 aromatic carbocycles. The van der Waals surface area contributed by atoms with Crippen LogP contribution in [0.25, 0.3) is 10.9 Å². The molecule has 0 fully saturated rings. The van der Waals surface area contributed by atoms with Crippen LogP contribution in [0.15, 0.2) is 78.9 Å². The van der Waals surface area contributed by atoms with Gasteiger partial charge in [0.25, 0.3) is 0 Å². The van der Waals surface area contributed by atoms with Crippen molar-refractivity contribution < 1.29 is 0 Å². The van der Waals surface area contributed by atoms with Crippen LogP contribution in [0.5, 0.6) is 0 Å². The van der Waals surface area contributed by atoms with Gasteiger partial charge in [-0.25, -0.2) is 4.98 Å². The number of hydrogen-bond donors (Lipinski definition) is 2. The molecule has 0 bridgehead atoms. The highest BCUT2D eigenvalue weighted by Crippen LogP contribution is 2.26. The minimum atomic E-state index is 0.136. The number of halogens is 1. The third-order valence-electron chi connectivity index (χ3n) is 4.87. The molecule has 1 unspecified atom stereocenters. The van der Waals surface area contributed by atoms with Gasteiger partial charge in [0.05, 0.1) is 5.52 Å². The van der Waals surface area contributed by atoms with Crippen LogP contribution in [0, 0.1) is 0 Å². The second-order valence-corrected chi connectivity index (χ2v) is 7.43. The molecule has 2 N–H and O–H groups in total. The number of nitrogens with one attached hydrogen (secondary N) is 2. The van der Waals surface area contributed by atoms with Gasteiger partial charge < -0.3 is 10.6 Å². The summed E-state index contributed by atoms with van der Waals surface area (Å²) in [6.45, 7) is 2.88. The van der Waals surface area contributed by atoms with Crippen molar-refractivity contribution >= 4 is 34.3 Å². The van der Waals surface area contributed by atoms with E-state index in [4.69, 9.17) is 16.6 Å². The number of fused-ring (bicyclic) bond motifs is 1. The zero-order chi connectivity index (χ0) is 20.1. The molecule has 1 atom stereocenters. The van der Waals surface area contributed by atoms with Crippen LogP contribution in [-0.2, 0) is 6.42 Å². The standard InChI is InChI=1S/C24H23ClN4/c1-17(19-7-3-2-4-8-19)27-23-21-9-5-6-10-22(21)28-24(29-23)26-16-15-18-11-13-20(25)14-12-18/h2-14,17H,15-16H2,1H3,(H2,26,27,28,29). The molecule has 1 heterocycles. The van der Waals surface area contributed by atoms with E-state index in [2.05, 4.69) is 46.8 Å². The second kappa shape index (κ2) is 8.93. The average Bonchev–Trinajstić information content (AvgIpc) is 2.76. The first-order chi connectivity index (χ1) is 14.2. The summed E-state index contributed by atoms with van der Waals surface area (Å²) in [5, 5.41) is 8.67. The molecule has 5 heteroatoms. The van der Waals surface area contributed by atoms with E-state index in [1.165, 1.54) is 11.1 Å². The summed E-state index contributed by atoms with van der Waals surface area (Å²) in [6, 6.07) is 26.5. The van der Waals surface area contributed by atoms with Crippen molar-refractivity contribution in [2.75, 3.05) is 17.2 Å². The molecular formula is C24H23ClN4. The molecule has 0 radical (unpaired) electrons. The maximum Gasteiger partial charge on any atom is 0.225 e. The Morgan fingerprint density at radius 2 is 1.59 bits per heavy atom. The topological polar surface area (TPSA) is 49.8 Å². The molecular weight excluding hydrogens is 380 g/mol. The molecule has 0 spiro atoms. The van der Waals surface area contributed by atoms with Crippen molar-refractivity contribution in [3.05, 3.63) is 95.0 Å². The first kappa shape index (κ1) is 19.2. The third kappa shape index (κ3) is 4.84. The van der Waals surface area contributed by atoms with E-state index in [0.717, 1.165) is 34.7 Å². The number of rotatable bonds is 7. The number of nitrogens with zero attached hydrogens (tertiary/aromatic N) is 2. The summed E-state index contributed by atoms with van der Waals surface area (Å²) in [5.41, 5.74) is 3.35. The highest BCUT2D eigenvalue weighted by molar-refractivity contribution is 6.30. The Morgan fingerprint density at radius 1 is 0.862 bits per heavy atom. The molecule has 29 heavy (non-hydrogen) atoms. The maximum absolute atomic E-state index is 5.96. The number of para-hydroxylation sites is 1. The molecule has 0 aliphatic heterocycles. The molecule has 0 aliphatic rings. The van der Waals surface area contributed by atoms with Gasteiger partial charge in [-0.1, -0.05) is 66.2 Å². The Balaban J connectivity index is 1.53. The van der Waals surface area contributed by atoms with E-state index in [1.54, 1.807) is 0 Å². The van der Waals surface area contributed by atoms with Crippen LogP contribution in [0.4, 0.5) is 11.8 Å². The van der Waals surface area contributed by atoms with E-state index in [-0.39, 0.29) is 6.04 Å². The first-order valence-electron chi connectivity index (χ1n) is 9.75. The summed E-state index contributed by atoms with van der Waals surface area (Å²) in [4.78, 5) is 9.44. The smallest absolute Gasteiger partial charge is 0.225 e. The zero-order valence-electron chi connectivity index (χ0n) is 16.3. The number of aromatic nitrogens is 2. The summed E-state index contributed by atoms with van der Waals surface area (Å²) < 4.78 is 0. The van der Waals surface area contributed by atoms with Gasteiger partial charge in [0.1, 0.15) is 5.82 Å². The molecule has 0 saturated carbocycles. The van der Waals surface area contributed by atoms with Crippen molar-refractivity contribution in [1.82, 2.24) is 9.97 Å². The van der Waals surface area contributed by atoms with Crippen molar-refractivity contribution in [3.63, 3.8) is 0 Å². The third-order valence-corrected chi connectivity index (χ3v) is 5.12. The lowest BCUT2D eigenvalue weighted by molar-refractivity contribution is 0.875. The SMILES string of the molecule is CC(Nc1nc(NCCc2ccc(Cl)cc2)nc2ccccc12)c1ccccc1. The maximum atomic E-state index is 5.96. The first-order valence-corrected chi connectivity index (χ1v) is 10.1. The predicted molar refractivity (Wildman–Crippen MR) is 122 cm³/mol. The van der Waals surface area contributed by atoms with Gasteiger partial charge in [0, 0.05) is 23.0 Å². The fourth-order valence-electron chi connectivity index (χ4n) is 3.27. The van der Waals surface area contributed by atoms with Gasteiger partial charge in [-0.15, -0.1) is 0 Å². The minimum absolute atomic E-state index is 0.136. The Kier molecular flexibility index (Phi) is 5.92. The molecule has 0 saturated heterocycles. The Labute approximate surface area is 176 Å². The van der Waals surface area contributed by atoms with Crippen LogP contribution in [0.3, 0.4) is 0 Å². The predicted octanol–water partition coefficient (Wildman–Crippen LogP) is 6.11. The van der Waals surface area contributed by atoms with E-state index in [9.17, 15) is 0 Å². The summed E-state index contributed by atoms with van der Waals surface area (Å²) in [7, 11) is 0. The molecule has 146 valence electrons. The van der Waals surface area contributed by atoms with Crippen LogP contribution in [0.1, 0.15) is 24.1 Å². The molecule has 4 nitrogen and oxygen atoms in total. The minimum Gasteiger partial charge on any atom is -0.363 e. The quantitative estimate of drug-likeness (QED) is 0.391. The van der Waals surface area contributed by atoms with E-state index in [0.29, 0.717) is 5.95 Å². The highest BCUT2D eigenvalue weighted by atomic mass is 35.5. The lowest BCUT2D eigenvalue weighted by atomic mass is 10.1. The van der Waals surface area contributed by atoms with Crippen molar-refractivity contribution in [3.8, 4) is 0 Å². The van der Waals surface area contributed by atoms with Crippen LogP contribution >= 0.6 is 11.6 Å². The van der Waals surface area contributed by atoms with Gasteiger partial charge >= 0.3 is 0 Å². The van der Waals surface area contributed by atoms with E-state index < -0.39 is 0 Å². The fraction of sp³-hybridized carbons (Fsp3) is 0.167. The second-order valence-electron chi connectivity index (χ2n) is 6.99. The zero-order valence-corrected chi connectivity index (χ0v) is 17.0. The van der Waals surface area contributed by atoms with E-state index >= 15 is 0 Å². The molecule has 1 aromatic heterocycles. The summed E-state index contributed by atoms with van der Waals surface area (Å²) >= 11 is 5.96. The highest BCUT2D eigenvalue weighted by Gasteiger charge is 2.11. The van der Waals surface area contributed by atoms with Crippen molar-refractivity contribution in [2.24, 2.45) is 0 Å². The van der Waals surface area contributed by atoms with Gasteiger partial charge in [-0.3, -0.25) is 0 Å². The Hall–Kier alpha value is -3.11. The Morgan fingerprint density at radius 3 is 2.38 bits per heavy atom. The van der Waals surface area contributed by atoms with Gasteiger partial charge in [0.2, 0.25) is 5.95 Å². The molecule has 0 aliphatic carbocycles. The lowest BCUT2D eigenvalue weighted by Gasteiger charge is -2.17. The summed E-state index contributed by atoms with van der Waals surface area (Å²) in [5.74, 6) is 1.46. The van der Waals surface area contributed by atoms with Gasteiger partial charge in [-0.05, 0) is 48.7 Å². The lowest BCUT2D eigenvalue weighted by Crippen LogP contribution is -2.12. The molecule has 4 rings (SSSR count). The monoisotopic (exact) mass is 402 g/mol. The van der Waals surface area contributed by atoms with Crippen LogP contribution in [0.2, 0.25) is 5.02 Å². The number of hydrogen-bond acceptors (Lipinski definition) is 4. The van der Waals surface area contributed by atoms with Crippen LogP contribution in [-0.4, -0.2) is 16.5 Å². The molecule has 0 amide bonds. The van der Waals surface area contributed by atoms with E-state index in [1.807, 2.05) is 54.6 Å².